The number of nitrogens with zero attached hydrogens (tertiary/aromatic N) is 2. The summed E-state index contributed by atoms with van der Waals surface area (Å²) in [5, 5.41) is 19.6. The van der Waals surface area contributed by atoms with Gasteiger partial charge in [-0.15, -0.1) is 12.4 Å². The summed E-state index contributed by atoms with van der Waals surface area (Å²) in [5.74, 6) is 0.0770. The molecule has 1 amide bonds. The van der Waals surface area contributed by atoms with Crippen molar-refractivity contribution in [3.63, 3.8) is 0 Å². The number of aromatic nitrogens is 2. The maximum absolute atomic E-state index is 11.9. The normalized spacial score (nSPS) is 25.0. The molecule has 1 aliphatic carbocycles. The highest BCUT2D eigenvalue weighted by molar-refractivity contribution is 5.85. The summed E-state index contributed by atoms with van der Waals surface area (Å²) in [4.78, 5) is 11.9. The van der Waals surface area contributed by atoms with Gasteiger partial charge in [-0.05, 0) is 31.3 Å². The number of aryl methyl sites for hydroxylation is 1. The van der Waals surface area contributed by atoms with Gasteiger partial charge in [0.05, 0.1) is 12.6 Å². The number of hydrogen-bond donors (Lipinski definition) is 3. The van der Waals surface area contributed by atoms with Crippen LogP contribution in [0, 0.1) is 12.8 Å². The molecule has 0 spiro atoms. The lowest BCUT2D eigenvalue weighted by atomic mass is 9.84. The first kappa shape index (κ1) is 17.7. The van der Waals surface area contributed by atoms with E-state index in [1.165, 1.54) is 0 Å². The summed E-state index contributed by atoms with van der Waals surface area (Å²) >= 11 is 0. The minimum atomic E-state index is -0.598. The van der Waals surface area contributed by atoms with Gasteiger partial charge in [0.2, 0.25) is 5.91 Å². The number of hydrogen-bond acceptors (Lipinski definition) is 7. The molecule has 1 saturated carbocycles. The van der Waals surface area contributed by atoms with E-state index >= 15 is 0 Å². The Hall–Kier alpha value is -1.38. The fraction of sp³-hybridized carbons (Fsp3) is 0.750. The molecule has 9 heteroatoms. The van der Waals surface area contributed by atoms with E-state index in [1.807, 2.05) is 0 Å². The predicted molar refractivity (Wildman–Crippen MR) is 76.1 cm³/mol. The first-order chi connectivity index (χ1) is 9.58. The van der Waals surface area contributed by atoms with Crippen molar-refractivity contribution in [1.29, 1.82) is 0 Å². The van der Waals surface area contributed by atoms with Gasteiger partial charge >= 0.3 is 0 Å². The Labute approximate surface area is 128 Å². The first-order valence-electron chi connectivity index (χ1n) is 6.71. The summed E-state index contributed by atoms with van der Waals surface area (Å²) in [7, 11) is 0. The maximum atomic E-state index is 11.9. The first-order valence-corrected chi connectivity index (χ1v) is 6.71. The largest absolute Gasteiger partial charge is 0.472 e. The van der Waals surface area contributed by atoms with E-state index in [4.69, 9.17) is 10.5 Å². The fourth-order valence-corrected chi connectivity index (χ4v) is 2.23. The van der Waals surface area contributed by atoms with Gasteiger partial charge < -0.3 is 20.9 Å². The maximum Gasteiger partial charge on any atom is 0.278 e. The van der Waals surface area contributed by atoms with Crippen molar-refractivity contribution in [2.24, 2.45) is 11.7 Å². The zero-order valence-electron chi connectivity index (χ0n) is 11.8. The van der Waals surface area contributed by atoms with E-state index in [0.717, 1.165) is 0 Å². The second-order valence-corrected chi connectivity index (χ2v) is 5.04. The van der Waals surface area contributed by atoms with Crippen molar-refractivity contribution in [3.8, 4) is 5.88 Å². The van der Waals surface area contributed by atoms with Gasteiger partial charge in [0.25, 0.3) is 5.88 Å². The van der Waals surface area contributed by atoms with E-state index in [1.54, 1.807) is 6.92 Å². The topological polar surface area (TPSA) is 124 Å². The molecule has 0 saturated heterocycles. The van der Waals surface area contributed by atoms with Crippen LogP contribution in [0.25, 0.3) is 0 Å². The Morgan fingerprint density at radius 3 is 2.90 bits per heavy atom. The van der Waals surface area contributed by atoms with Crippen molar-refractivity contribution in [1.82, 2.24) is 15.6 Å². The monoisotopic (exact) mass is 320 g/mol. The van der Waals surface area contributed by atoms with Crippen LogP contribution in [0.2, 0.25) is 0 Å². The van der Waals surface area contributed by atoms with Gasteiger partial charge in [0.1, 0.15) is 12.3 Å². The number of carbonyl (C=O) groups excluding carboxylic acids is 1. The molecule has 0 aliphatic heterocycles. The average Bonchev–Trinajstić information content (AvgIpc) is 2.83. The molecule has 1 fully saturated rings. The minimum Gasteiger partial charge on any atom is -0.472 e. The summed E-state index contributed by atoms with van der Waals surface area (Å²) in [5.41, 5.74) is 6.28. The van der Waals surface area contributed by atoms with Crippen LogP contribution >= 0.6 is 12.4 Å². The van der Waals surface area contributed by atoms with Gasteiger partial charge in [0, 0.05) is 12.0 Å². The van der Waals surface area contributed by atoms with Crippen LogP contribution in [0.1, 0.15) is 25.0 Å². The Bertz CT molecular complexity index is 456. The Kier molecular flexibility index (Phi) is 6.86. The second kappa shape index (κ2) is 8.16. The van der Waals surface area contributed by atoms with E-state index in [0.29, 0.717) is 37.4 Å². The van der Waals surface area contributed by atoms with E-state index in [2.05, 4.69) is 20.3 Å². The van der Waals surface area contributed by atoms with Crippen LogP contribution < -0.4 is 15.8 Å². The lowest BCUT2D eigenvalue weighted by Crippen LogP contribution is -2.45. The van der Waals surface area contributed by atoms with Crippen LogP contribution in [0.3, 0.4) is 0 Å². The van der Waals surface area contributed by atoms with Crippen LogP contribution in [0.15, 0.2) is 4.63 Å². The van der Waals surface area contributed by atoms with Gasteiger partial charge in [-0.1, -0.05) is 5.16 Å². The number of carbonyl (C=O) groups is 1. The summed E-state index contributed by atoms with van der Waals surface area (Å²) in [6.07, 6.45) is 1.19. The third-order valence-electron chi connectivity index (χ3n) is 3.49. The molecule has 8 nitrogen and oxygen atoms in total. The molecule has 2 rings (SSSR count). The van der Waals surface area contributed by atoms with E-state index in [9.17, 15) is 9.90 Å². The summed E-state index contributed by atoms with van der Waals surface area (Å²) in [6, 6.07) is -0.218. The number of amides is 1. The van der Waals surface area contributed by atoms with Crippen LogP contribution in [0.5, 0.6) is 5.88 Å². The van der Waals surface area contributed by atoms with Crippen molar-refractivity contribution < 1.29 is 19.3 Å². The molecule has 3 atom stereocenters. The molecule has 21 heavy (non-hydrogen) atoms. The zero-order chi connectivity index (χ0) is 14.5. The van der Waals surface area contributed by atoms with E-state index in [-0.39, 0.29) is 36.9 Å². The molecule has 4 N–H and O–H groups in total. The number of aliphatic hydroxyl groups excluding tert-OH is 1. The Balaban J connectivity index is 0.00000220. The molecule has 0 bridgehead atoms. The molecule has 1 aromatic rings. The molecular weight excluding hydrogens is 300 g/mol. The zero-order valence-corrected chi connectivity index (χ0v) is 12.6. The van der Waals surface area contributed by atoms with Crippen molar-refractivity contribution in [2.75, 3.05) is 13.2 Å². The third kappa shape index (κ3) is 4.83. The van der Waals surface area contributed by atoms with Crippen molar-refractivity contribution in [3.05, 3.63) is 5.69 Å². The van der Waals surface area contributed by atoms with Crippen LogP contribution in [0.4, 0.5) is 0 Å². The van der Waals surface area contributed by atoms with E-state index < -0.39 is 6.10 Å². The van der Waals surface area contributed by atoms with Crippen molar-refractivity contribution in [2.45, 2.75) is 38.3 Å². The summed E-state index contributed by atoms with van der Waals surface area (Å²) in [6.45, 7) is 2.37. The second-order valence-electron chi connectivity index (χ2n) is 5.04. The SMILES string of the molecule is Cc1nonc1OCCNC(=O)[C@H]1CC[C@@H](N)[C@H](O)C1.Cl. The van der Waals surface area contributed by atoms with Gasteiger partial charge in [0.15, 0.2) is 0 Å². The highest BCUT2D eigenvalue weighted by atomic mass is 35.5. The number of aliphatic hydroxyl groups is 1. The number of ether oxygens (including phenoxy) is 1. The van der Waals surface area contributed by atoms with Crippen LogP contribution in [-0.2, 0) is 4.79 Å². The van der Waals surface area contributed by atoms with Gasteiger partial charge in [-0.3, -0.25) is 4.79 Å². The molecule has 1 aliphatic rings. The lowest BCUT2D eigenvalue weighted by molar-refractivity contribution is -0.127. The van der Waals surface area contributed by atoms with Gasteiger partial charge in [-0.2, -0.15) is 0 Å². The minimum absolute atomic E-state index is 0. The highest BCUT2D eigenvalue weighted by Crippen LogP contribution is 2.23. The molecule has 1 heterocycles. The van der Waals surface area contributed by atoms with Crippen LogP contribution in [-0.4, -0.2) is 46.6 Å². The molecular formula is C12H21ClN4O4. The number of nitrogens with two attached hydrogens (primary N) is 1. The quantitative estimate of drug-likeness (QED) is 0.641. The fourth-order valence-electron chi connectivity index (χ4n) is 2.23. The predicted octanol–water partition coefficient (Wildman–Crippen LogP) is -0.217. The molecule has 1 aromatic heterocycles. The number of halogens is 1. The molecule has 0 unspecified atom stereocenters. The third-order valence-corrected chi connectivity index (χ3v) is 3.49. The lowest BCUT2D eigenvalue weighted by Gasteiger charge is -2.29. The molecule has 0 radical (unpaired) electrons. The number of rotatable bonds is 5. The summed E-state index contributed by atoms with van der Waals surface area (Å²) < 4.78 is 9.79. The highest BCUT2D eigenvalue weighted by Gasteiger charge is 2.30. The van der Waals surface area contributed by atoms with Crippen molar-refractivity contribution >= 4 is 18.3 Å². The smallest absolute Gasteiger partial charge is 0.278 e. The molecule has 120 valence electrons. The average molecular weight is 321 g/mol. The number of nitrogens with one attached hydrogen (secondary N) is 1. The molecule has 0 aromatic carbocycles. The Morgan fingerprint density at radius 2 is 2.29 bits per heavy atom. The van der Waals surface area contributed by atoms with Gasteiger partial charge in [-0.25, -0.2) is 4.63 Å². The Morgan fingerprint density at radius 1 is 1.52 bits per heavy atom. The standard InChI is InChI=1S/C12H20N4O4.ClH/c1-7-12(16-20-15-7)19-5-4-14-11(18)8-2-3-9(13)10(17)6-8;/h8-10,17H,2-6,13H2,1H3,(H,14,18);1H/t8-,9+,10+;/m0./s1.